The van der Waals surface area contributed by atoms with Gasteiger partial charge in [0.05, 0.1) is 0 Å². The average molecular weight is 283 g/mol. The Kier molecular flexibility index (Phi) is 9.13. The average Bonchev–Trinajstić information content (AvgIpc) is 1.96. The Hall–Kier alpha value is -0.240. The highest BCUT2D eigenvalue weighted by Gasteiger charge is 2.20. The van der Waals surface area contributed by atoms with Gasteiger partial charge in [0, 0.05) is 5.75 Å². The van der Waals surface area contributed by atoms with Crippen LogP contribution in [0.1, 0.15) is 0 Å². The topological polar surface area (TPSA) is 161 Å². The molecule has 5 N–H and O–H groups in total. The van der Waals surface area contributed by atoms with Crippen molar-refractivity contribution in [2.45, 2.75) is 6.04 Å². The number of thiol groups is 1. The van der Waals surface area contributed by atoms with E-state index in [0.29, 0.717) is 0 Å². The SMILES string of the molecule is O=C(O)[C@H](CS)NS(=O)(=O)O.O=S(O)O. The number of carboxylic acids is 1. The maximum atomic E-state index is 10.1. The van der Waals surface area contributed by atoms with Crippen LogP contribution in [-0.2, 0) is 26.5 Å². The molecule has 0 heterocycles. The van der Waals surface area contributed by atoms with Gasteiger partial charge in [0.1, 0.15) is 6.04 Å². The molecule has 0 aliphatic heterocycles. The number of hydrogen-bond donors (Lipinski definition) is 6. The van der Waals surface area contributed by atoms with Gasteiger partial charge in [-0.05, 0) is 0 Å². The Bertz CT molecular complexity index is 307. The predicted molar refractivity (Wildman–Crippen MR) is 53.4 cm³/mol. The smallest absolute Gasteiger partial charge is 0.334 e. The van der Waals surface area contributed by atoms with E-state index in [1.165, 1.54) is 4.72 Å². The summed E-state index contributed by atoms with van der Waals surface area (Å²) in [7, 11) is -4.46. The van der Waals surface area contributed by atoms with Crippen LogP contribution in [0.5, 0.6) is 0 Å². The molecule has 0 aliphatic carbocycles. The van der Waals surface area contributed by atoms with Gasteiger partial charge >= 0.3 is 16.3 Å². The molecule has 0 fully saturated rings. The van der Waals surface area contributed by atoms with E-state index >= 15 is 0 Å². The highest BCUT2D eigenvalue weighted by atomic mass is 32.2. The van der Waals surface area contributed by atoms with Crippen molar-refractivity contribution in [3.8, 4) is 0 Å². The largest absolute Gasteiger partial charge is 0.480 e. The summed E-state index contributed by atoms with van der Waals surface area (Å²) in [4.78, 5) is 10.1. The first kappa shape index (κ1) is 17.2. The first-order chi connectivity index (χ1) is 6.60. The van der Waals surface area contributed by atoms with Gasteiger partial charge in [-0.15, -0.1) is 0 Å². The summed E-state index contributed by atoms with van der Waals surface area (Å²) in [5.41, 5.74) is 0. The van der Waals surface area contributed by atoms with Crippen LogP contribution in [-0.4, -0.2) is 49.2 Å². The van der Waals surface area contributed by atoms with Crippen molar-refractivity contribution in [2.75, 3.05) is 5.75 Å². The quantitative estimate of drug-likeness (QED) is 0.205. The minimum absolute atomic E-state index is 0.227. The van der Waals surface area contributed by atoms with E-state index in [2.05, 4.69) is 12.6 Å². The van der Waals surface area contributed by atoms with Crippen molar-refractivity contribution in [3.63, 3.8) is 0 Å². The van der Waals surface area contributed by atoms with Gasteiger partial charge < -0.3 is 5.11 Å². The summed E-state index contributed by atoms with van der Waals surface area (Å²) in [5.74, 6) is -1.62. The molecule has 1 atom stereocenters. The summed E-state index contributed by atoms with van der Waals surface area (Å²) in [5, 5.41) is 8.25. The van der Waals surface area contributed by atoms with Crippen LogP contribution in [0, 0.1) is 0 Å². The number of rotatable bonds is 4. The molecule has 0 unspecified atom stereocenters. The lowest BCUT2D eigenvalue weighted by Crippen LogP contribution is -2.41. The third-order valence-corrected chi connectivity index (χ3v) is 1.72. The monoisotopic (exact) mass is 283 g/mol. The Morgan fingerprint density at radius 1 is 1.47 bits per heavy atom. The molecule has 0 rings (SSSR count). The van der Waals surface area contributed by atoms with Crippen molar-refractivity contribution in [2.24, 2.45) is 0 Å². The van der Waals surface area contributed by atoms with E-state index in [9.17, 15) is 13.2 Å². The van der Waals surface area contributed by atoms with Crippen LogP contribution in [0.3, 0.4) is 0 Å². The normalized spacial score (nSPS) is 12.9. The zero-order chi connectivity index (χ0) is 12.6. The molecule has 9 nitrogen and oxygen atoms in total. The first-order valence-corrected chi connectivity index (χ1v) is 6.12. The first-order valence-electron chi connectivity index (χ1n) is 2.98. The molecule has 0 bridgehead atoms. The van der Waals surface area contributed by atoms with E-state index < -0.39 is 33.7 Å². The molecule has 0 radical (unpaired) electrons. The van der Waals surface area contributed by atoms with Crippen LogP contribution in [0.15, 0.2) is 0 Å². The van der Waals surface area contributed by atoms with Gasteiger partial charge in [-0.2, -0.15) is 30.0 Å². The fraction of sp³-hybridized carbons (Fsp3) is 0.667. The van der Waals surface area contributed by atoms with Crippen molar-refractivity contribution in [3.05, 3.63) is 0 Å². The molecule has 0 saturated carbocycles. The summed E-state index contributed by atoms with van der Waals surface area (Å²) in [6.45, 7) is 0. The molecule has 0 aliphatic rings. The van der Waals surface area contributed by atoms with Gasteiger partial charge in [0.25, 0.3) is 11.4 Å². The second-order valence-corrected chi connectivity index (χ2v) is 3.91. The number of carbonyl (C=O) groups is 1. The van der Waals surface area contributed by atoms with Gasteiger partial charge in [-0.1, -0.05) is 0 Å². The van der Waals surface area contributed by atoms with Crippen molar-refractivity contribution < 1.29 is 36.2 Å². The van der Waals surface area contributed by atoms with E-state index in [1.54, 1.807) is 0 Å². The molecule has 15 heavy (non-hydrogen) atoms. The highest BCUT2D eigenvalue weighted by molar-refractivity contribution is 7.84. The molecule has 0 aromatic carbocycles. The van der Waals surface area contributed by atoms with Crippen LogP contribution in [0.25, 0.3) is 0 Å². The highest BCUT2D eigenvalue weighted by Crippen LogP contribution is 1.89. The molecule has 0 saturated heterocycles. The number of carboxylic acid groups (broad SMARTS) is 1. The van der Waals surface area contributed by atoms with Crippen LogP contribution in [0.4, 0.5) is 0 Å². The summed E-state index contributed by atoms with van der Waals surface area (Å²) >= 11 is 0.937. The van der Waals surface area contributed by atoms with E-state index in [4.69, 9.17) is 23.0 Å². The number of nitrogens with one attached hydrogen (secondary N) is 1. The van der Waals surface area contributed by atoms with E-state index in [0.717, 1.165) is 0 Å². The minimum atomic E-state index is -4.46. The zero-order valence-corrected chi connectivity index (χ0v) is 9.50. The predicted octanol–water partition coefficient (Wildman–Crippen LogP) is -1.56. The van der Waals surface area contributed by atoms with E-state index in [1.807, 2.05) is 0 Å². The third-order valence-electron chi connectivity index (χ3n) is 0.772. The molecule has 92 valence electrons. The Morgan fingerprint density at radius 3 is 1.87 bits per heavy atom. The Labute approximate surface area is 93.3 Å². The number of hydrogen-bond acceptors (Lipinski definition) is 5. The van der Waals surface area contributed by atoms with Crippen LogP contribution in [0.2, 0.25) is 0 Å². The lowest BCUT2D eigenvalue weighted by molar-refractivity contribution is -0.138. The van der Waals surface area contributed by atoms with Crippen molar-refractivity contribution >= 4 is 40.3 Å². The Morgan fingerprint density at radius 2 is 1.80 bits per heavy atom. The Balaban J connectivity index is 0. The standard InChI is InChI=1S/C3H7NO5S2.H2O3S/c5-3(6)2(1-10)4-11(7,8)9;1-4(2)3/h2,4,10H,1H2,(H,5,6)(H,7,8,9);(H2,1,2,3)/t2-;/m0./s1. The van der Waals surface area contributed by atoms with E-state index in [-0.39, 0.29) is 5.75 Å². The molecular weight excluding hydrogens is 274 g/mol. The summed E-state index contributed by atoms with van der Waals surface area (Å²) < 4.78 is 52.5. The molecule has 0 aromatic rings. The maximum Gasteiger partial charge on any atom is 0.334 e. The fourth-order valence-electron chi connectivity index (χ4n) is 0.346. The van der Waals surface area contributed by atoms with Gasteiger partial charge in [0.2, 0.25) is 0 Å². The molecule has 0 amide bonds. The molecule has 0 aromatic heterocycles. The lowest BCUT2D eigenvalue weighted by atomic mass is 10.4. The van der Waals surface area contributed by atoms with Crippen molar-refractivity contribution in [1.29, 1.82) is 0 Å². The lowest BCUT2D eigenvalue weighted by Gasteiger charge is -2.07. The second-order valence-electron chi connectivity index (χ2n) is 1.90. The van der Waals surface area contributed by atoms with Crippen molar-refractivity contribution in [1.82, 2.24) is 4.72 Å². The van der Waals surface area contributed by atoms with Crippen LogP contribution >= 0.6 is 12.6 Å². The van der Waals surface area contributed by atoms with Gasteiger partial charge in [-0.3, -0.25) is 18.5 Å². The van der Waals surface area contributed by atoms with Gasteiger partial charge in [0.15, 0.2) is 0 Å². The summed E-state index contributed by atoms with van der Waals surface area (Å²) in [6, 6.07) is -1.40. The zero-order valence-electron chi connectivity index (χ0n) is 6.97. The van der Waals surface area contributed by atoms with Crippen LogP contribution < -0.4 is 4.72 Å². The third kappa shape index (κ3) is 16.4. The second kappa shape index (κ2) is 7.98. The molecule has 0 spiro atoms. The maximum absolute atomic E-state index is 10.1. The summed E-state index contributed by atoms with van der Waals surface area (Å²) in [6.07, 6.45) is 0. The fourth-order valence-corrected chi connectivity index (χ4v) is 1.26. The van der Waals surface area contributed by atoms with Gasteiger partial charge in [-0.25, -0.2) is 0 Å². The molecule has 12 heteroatoms. The molecular formula is C3H9NO8S3. The number of aliphatic carboxylic acids is 1. The minimum Gasteiger partial charge on any atom is -0.480 e.